The van der Waals surface area contributed by atoms with Crippen LogP contribution in [0.15, 0.2) is 21.8 Å². The first kappa shape index (κ1) is 12.3. The first-order chi connectivity index (χ1) is 6.63. The van der Waals surface area contributed by atoms with Gasteiger partial charge in [0.15, 0.2) is 0 Å². The van der Waals surface area contributed by atoms with Gasteiger partial charge in [-0.1, -0.05) is 31.9 Å². The third-order valence-corrected chi connectivity index (χ3v) is 4.38. The van der Waals surface area contributed by atoms with Gasteiger partial charge >= 0.3 is 0 Å². The van der Waals surface area contributed by atoms with Gasteiger partial charge in [0.1, 0.15) is 5.03 Å². The molecule has 0 fully saturated rings. The number of hydrogen-bond acceptors (Lipinski definition) is 2. The van der Waals surface area contributed by atoms with Crippen molar-refractivity contribution in [2.75, 3.05) is 5.75 Å². The molecule has 1 aromatic heterocycles. The molecule has 14 heavy (non-hydrogen) atoms. The summed E-state index contributed by atoms with van der Waals surface area (Å²) in [5, 5.41) is 1.69. The van der Waals surface area contributed by atoms with Gasteiger partial charge in [-0.3, -0.25) is 0 Å². The van der Waals surface area contributed by atoms with Crippen LogP contribution < -0.4 is 0 Å². The lowest BCUT2D eigenvalue weighted by molar-refractivity contribution is 0.636. The number of aromatic nitrogens is 1. The molecule has 0 amide bonds. The topological polar surface area (TPSA) is 12.9 Å². The number of nitrogens with zero attached hydrogens (tertiary/aromatic N) is 1. The summed E-state index contributed by atoms with van der Waals surface area (Å²) in [5.41, 5.74) is 0. The molecule has 0 aromatic carbocycles. The van der Waals surface area contributed by atoms with Gasteiger partial charge in [0, 0.05) is 11.9 Å². The maximum atomic E-state index is 5.81. The van der Waals surface area contributed by atoms with Crippen molar-refractivity contribution >= 4 is 39.3 Å². The first-order valence-electron chi connectivity index (χ1n) is 4.57. The molecule has 1 aromatic rings. The van der Waals surface area contributed by atoms with E-state index in [1.807, 2.05) is 6.07 Å². The van der Waals surface area contributed by atoms with Crippen molar-refractivity contribution in [2.24, 2.45) is 5.92 Å². The molecule has 0 aliphatic carbocycles. The summed E-state index contributed by atoms with van der Waals surface area (Å²) < 4.78 is 0.985. The minimum Gasteiger partial charge on any atom is -0.247 e. The minimum absolute atomic E-state index is 0.671. The van der Waals surface area contributed by atoms with Crippen LogP contribution >= 0.6 is 39.3 Å². The molecule has 1 atom stereocenters. The molecule has 1 rings (SSSR count). The highest BCUT2D eigenvalue weighted by Crippen LogP contribution is 2.29. The van der Waals surface area contributed by atoms with Crippen LogP contribution in [0.3, 0.4) is 0 Å². The summed E-state index contributed by atoms with van der Waals surface area (Å²) in [6.45, 7) is 4.45. The molecule has 4 heteroatoms. The molecule has 1 heterocycles. The van der Waals surface area contributed by atoms with Gasteiger partial charge in [-0.05, 0) is 27.9 Å². The fraction of sp³-hybridized carbons (Fsp3) is 0.500. The van der Waals surface area contributed by atoms with E-state index < -0.39 is 0 Å². The normalized spacial score (nSPS) is 12.9. The molecule has 1 nitrogen and oxygen atoms in total. The molecule has 0 radical (unpaired) electrons. The van der Waals surface area contributed by atoms with Gasteiger partial charge in [0.2, 0.25) is 0 Å². The van der Waals surface area contributed by atoms with Crippen LogP contribution in [0.5, 0.6) is 0 Å². The predicted octanol–water partition coefficient (Wildman–Crippen LogP) is 4.64. The highest BCUT2D eigenvalue weighted by molar-refractivity contribution is 9.10. The fourth-order valence-electron chi connectivity index (χ4n) is 0.847. The van der Waals surface area contributed by atoms with Crippen molar-refractivity contribution < 1.29 is 0 Å². The lowest BCUT2D eigenvalue weighted by atomic mass is 10.2. The van der Waals surface area contributed by atoms with E-state index in [0.29, 0.717) is 5.02 Å². The largest absolute Gasteiger partial charge is 0.247 e. The standard InChI is InChI=1S/C10H13BrClNS/c1-3-7(2)6-14-10-9(11)4-8(12)5-13-10/h4-5,7H,3,6H2,1-2H3. The van der Waals surface area contributed by atoms with Gasteiger partial charge < -0.3 is 0 Å². The molecule has 78 valence electrons. The molecule has 0 saturated heterocycles. The maximum Gasteiger partial charge on any atom is 0.110 e. The molecule has 0 bridgehead atoms. The second-order valence-corrected chi connectivity index (χ2v) is 5.56. The van der Waals surface area contributed by atoms with Crippen molar-refractivity contribution in [3.05, 3.63) is 21.8 Å². The third-order valence-electron chi connectivity index (χ3n) is 1.98. The minimum atomic E-state index is 0.671. The summed E-state index contributed by atoms with van der Waals surface area (Å²) in [4.78, 5) is 4.27. The van der Waals surface area contributed by atoms with Crippen LogP contribution in [0.25, 0.3) is 0 Å². The van der Waals surface area contributed by atoms with Crippen molar-refractivity contribution in [1.82, 2.24) is 4.98 Å². The van der Waals surface area contributed by atoms with E-state index in [4.69, 9.17) is 11.6 Å². The second kappa shape index (κ2) is 5.99. The van der Waals surface area contributed by atoms with Gasteiger partial charge in [-0.2, -0.15) is 0 Å². The van der Waals surface area contributed by atoms with Crippen LogP contribution in [0, 0.1) is 5.92 Å². The molecule has 1 unspecified atom stereocenters. The Morgan fingerprint density at radius 2 is 2.36 bits per heavy atom. The Morgan fingerprint density at radius 3 is 2.93 bits per heavy atom. The third kappa shape index (κ3) is 3.79. The van der Waals surface area contributed by atoms with E-state index in [1.54, 1.807) is 18.0 Å². The molecule has 0 saturated carbocycles. The summed E-state index contributed by atoms with van der Waals surface area (Å²) >= 11 is 11.0. The lowest BCUT2D eigenvalue weighted by Crippen LogP contribution is -1.96. The van der Waals surface area contributed by atoms with Crippen LogP contribution in [0.2, 0.25) is 5.02 Å². The fourth-order valence-corrected chi connectivity index (χ4v) is 2.83. The summed E-state index contributed by atoms with van der Waals surface area (Å²) in [5.74, 6) is 1.83. The molecule has 0 aliphatic rings. The van der Waals surface area contributed by atoms with E-state index in [2.05, 4.69) is 34.8 Å². The quantitative estimate of drug-likeness (QED) is 0.751. The van der Waals surface area contributed by atoms with E-state index >= 15 is 0 Å². The van der Waals surface area contributed by atoms with Crippen molar-refractivity contribution in [3.63, 3.8) is 0 Å². The van der Waals surface area contributed by atoms with Crippen LogP contribution in [0.1, 0.15) is 20.3 Å². The smallest absolute Gasteiger partial charge is 0.110 e. The van der Waals surface area contributed by atoms with E-state index in [0.717, 1.165) is 21.2 Å². The number of thioether (sulfide) groups is 1. The van der Waals surface area contributed by atoms with Gasteiger partial charge in [-0.25, -0.2) is 4.98 Å². The van der Waals surface area contributed by atoms with E-state index in [1.165, 1.54) is 6.42 Å². The Morgan fingerprint density at radius 1 is 1.64 bits per heavy atom. The Kier molecular flexibility index (Phi) is 5.28. The molecule has 0 aliphatic heterocycles. The Bertz CT molecular complexity index is 306. The lowest BCUT2D eigenvalue weighted by Gasteiger charge is -2.08. The SMILES string of the molecule is CCC(C)CSc1ncc(Cl)cc1Br. The number of rotatable bonds is 4. The zero-order chi connectivity index (χ0) is 10.6. The van der Waals surface area contributed by atoms with E-state index in [-0.39, 0.29) is 0 Å². The number of pyridine rings is 1. The summed E-state index contributed by atoms with van der Waals surface area (Å²) in [7, 11) is 0. The molecular formula is C10H13BrClNS. The highest BCUT2D eigenvalue weighted by atomic mass is 79.9. The maximum absolute atomic E-state index is 5.81. The zero-order valence-corrected chi connectivity index (χ0v) is 11.4. The Labute approximate surface area is 103 Å². The first-order valence-corrected chi connectivity index (χ1v) is 6.73. The van der Waals surface area contributed by atoms with Gasteiger partial charge in [0.05, 0.1) is 9.50 Å². The van der Waals surface area contributed by atoms with Crippen LogP contribution in [0.4, 0.5) is 0 Å². The zero-order valence-electron chi connectivity index (χ0n) is 8.26. The van der Waals surface area contributed by atoms with Crippen LogP contribution in [-0.4, -0.2) is 10.7 Å². The van der Waals surface area contributed by atoms with Crippen molar-refractivity contribution in [1.29, 1.82) is 0 Å². The Balaban J connectivity index is 2.59. The second-order valence-electron chi connectivity index (χ2n) is 3.26. The van der Waals surface area contributed by atoms with Crippen LogP contribution in [-0.2, 0) is 0 Å². The Hall–Kier alpha value is 0.270. The summed E-state index contributed by atoms with van der Waals surface area (Å²) in [6.07, 6.45) is 2.89. The van der Waals surface area contributed by atoms with Gasteiger partial charge in [0.25, 0.3) is 0 Å². The van der Waals surface area contributed by atoms with Crippen molar-refractivity contribution in [2.45, 2.75) is 25.3 Å². The highest BCUT2D eigenvalue weighted by Gasteiger charge is 2.05. The predicted molar refractivity (Wildman–Crippen MR) is 67.1 cm³/mol. The molecule has 0 N–H and O–H groups in total. The number of halogens is 2. The molecule has 0 spiro atoms. The number of hydrogen-bond donors (Lipinski definition) is 0. The monoisotopic (exact) mass is 293 g/mol. The van der Waals surface area contributed by atoms with Crippen molar-refractivity contribution in [3.8, 4) is 0 Å². The average molecular weight is 295 g/mol. The van der Waals surface area contributed by atoms with Gasteiger partial charge in [-0.15, -0.1) is 11.8 Å². The average Bonchev–Trinajstić information content (AvgIpc) is 2.16. The molecular weight excluding hydrogens is 282 g/mol. The van der Waals surface area contributed by atoms with E-state index in [9.17, 15) is 0 Å². The summed E-state index contributed by atoms with van der Waals surface area (Å²) in [6, 6.07) is 1.88.